The summed E-state index contributed by atoms with van der Waals surface area (Å²) in [5, 5.41) is 0. The minimum atomic E-state index is 0.536. The van der Waals surface area contributed by atoms with Crippen LogP contribution in [-0.2, 0) is 6.42 Å². The zero-order chi connectivity index (χ0) is 14.8. The van der Waals surface area contributed by atoms with E-state index in [1.54, 1.807) is 0 Å². The van der Waals surface area contributed by atoms with E-state index in [0.717, 1.165) is 24.8 Å². The first-order valence-electron chi connectivity index (χ1n) is 7.74. The van der Waals surface area contributed by atoms with Crippen LogP contribution in [0.1, 0.15) is 48.3 Å². The molecule has 1 aromatic carbocycles. The highest BCUT2D eigenvalue weighted by Gasteiger charge is 2.17. The molecule has 2 aromatic heterocycles. The third kappa shape index (κ3) is 2.75. The minimum absolute atomic E-state index is 0.536. The fourth-order valence-electron chi connectivity index (χ4n) is 3.02. The van der Waals surface area contributed by atoms with E-state index >= 15 is 0 Å². The number of imidazole rings is 1. The Hall–Kier alpha value is -1.61. The first-order chi connectivity index (χ1) is 10.2. The zero-order valence-corrected chi connectivity index (χ0v) is 13.8. The van der Waals surface area contributed by atoms with Crippen LogP contribution in [0.3, 0.4) is 0 Å². The molecule has 0 atom stereocenters. The van der Waals surface area contributed by atoms with E-state index in [4.69, 9.17) is 4.98 Å². The van der Waals surface area contributed by atoms with Gasteiger partial charge >= 0.3 is 0 Å². The molecule has 110 valence electrons. The van der Waals surface area contributed by atoms with E-state index < -0.39 is 0 Å². The molecule has 0 bridgehead atoms. The first-order valence-corrected chi connectivity index (χ1v) is 8.55. The highest BCUT2D eigenvalue weighted by Crippen LogP contribution is 2.28. The molecule has 0 saturated heterocycles. The highest BCUT2D eigenvalue weighted by atomic mass is 32.1. The van der Waals surface area contributed by atoms with Crippen molar-refractivity contribution < 1.29 is 0 Å². The maximum Gasteiger partial charge on any atom is 0.115 e. The molecule has 0 fully saturated rings. The number of benzene rings is 1. The molecule has 3 aromatic rings. The van der Waals surface area contributed by atoms with Gasteiger partial charge in [-0.2, -0.15) is 0 Å². The van der Waals surface area contributed by atoms with E-state index in [9.17, 15) is 0 Å². The molecule has 0 N–H and O–H groups in total. The molecular weight excluding hydrogens is 276 g/mol. The lowest BCUT2D eigenvalue weighted by Gasteiger charge is -2.18. The summed E-state index contributed by atoms with van der Waals surface area (Å²) in [6.07, 6.45) is 3.23. The van der Waals surface area contributed by atoms with E-state index in [2.05, 4.69) is 61.7 Å². The van der Waals surface area contributed by atoms with E-state index in [1.807, 2.05) is 11.3 Å². The average molecular weight is 298 g/mol. The van der Waals surface area contributed by atoms with Crippen LogP contribution in [0, 0.1) is 6.92 Å². The van der Waals surface area contributed by atoms with Crippen molar-refractivity contribution in [3.8, 4) is 0 Å². The number of nitrogens with zero attached hydrogens (tertiary/aromatic N) is 2. The molecule has 0 saturated carbocycles. The van der Waals surface area contributed by atoms with E-state index in [-0.39, 0.29) is 0 Å². The number of thiophene rings is 1. The largest absolute Gasteiger partial charge is 0.325 e. The number of para-hydroxylation sites is 2. The quantitative estimate of drug-likeness (QED) is 0.620. The van der Waals surface area contributed by atoms with Gasteiger partial charge in [0.25, 0.3) is 0 Å². The summed E-state index contributed by atoms with van der Waals surface area (Å²) in [6, 6.07) is 13.5. The molecule has 2 nitrogen and oxygen atoms in total. The summed E-state index contributed by atoms with van der Waals surface area (Å²) in [5.41, 5.74) is 2.39. The normalized spacial score (nSPS) is 11.6. The summed E-state index contributed by atoms with van der Waals surface area (Å²) >= 11 is 1.87. The second kappa shape index (κ2) is 6.02. The Morgan fingerprint density at radius 2 is 1.86 bits per heavy atom. The fraction of sp³-hybridized carbons (Fsp3) is 0.389. The Bertz CT molecular complexity index is 735. The predicted octanol–water partition coefficient (Wildman–Crippen LogP) is 5.36. The van der Waals surface area contributed by atoms with Gasteiger partial charge < -0.3 is 4.57 Å². The Labute approximate surface area is 130 Å². The Morgan fingerprint density at radius 3 is 2.52 bits per heavy atom. The number of fused-ring (bicyclic) bond motifs is 1. The van der Waals surface area contributed by atoms with Crippen molar-refractivity contribution >= 4 is 22.4 Å². The van der Waals surface area contributed by atoms with Gasteiger partial charge in [-0.1, -0.05) is 26.0 Å². The van der Waals surface area contributed by atoms with Crippen LogP contribution >= 0.6 is 11.3 Å². The van der Waals surface area contributed by atoms with Crippen LogP contribution in [0.25, 0.3) is 11.0 Å². The number of rotatable bonds is 5. The third-order valence-electron chi connectivity index (χ3n) is 4.10. The van der Waals surface area contributed by atoms with Crippen molar-refractivity contribution in [2.45, 2.75) is 46.1 Å². The molecule has 0 aliphatic carbocycles. The zero-order valence-electron chi connectivity index (χ0n) is 13.0. The SMILES string of the molecule is CCC(CC)n1c(Cc2ccc(C)s2)nc2ccccc21. The number of aryl methyl sites for hydroxylation is 1. The summed E-state index contributed by atoms with van der Waals surface area (Å²) in [4.78, 5) is 7.67. The van der Waals surface area contributed by atoms with Gasteiger partial charge in [-0.15, -0.1) is 11.3 Å². The Morgan fingerprint density at radius 1 is 1.10 bits per heavy atom. The maximum atomic E-state index is 4.90. The smallest absolute Gasteiger partial charge is 0.115 e. The summed E-state index contributed by atoms with van der Waals surface area (Å²) in [5.74, 6) is 1.20. The van der Waals surface area contributed by atoms with Crippen molar-refractivity contribution in [1.82, 2.24) is 9.55 Å². The predicted molar refractivity (Wildman–Crippen MR) is 91.2 cm³/mol. The van der Waals surface area contributed by atoms with Gasteiger partial charge in [0.15, 0.2) is 0 Å². The highest BCUT2D eigenvalue weighted by molar-refractivity contribution is 7.11. The van der Waals surface area contributed by atoms with Crippen LogP contribution in [0.2, 0.25) is 0 Å². The van der Waals surface area contributed by atoms with Crippen molar-refractivity contribution in [3.05, 3.63) is 52.0 Å². The van der Waals surface area contributed by atoms with Crippen molar-refractivity contribution in [2.24, 2.45) is 0 Å². The van der Waals surface area contributed by atoms with E-state index in [1.165, 1.54) is 21.1 Å². The number of hydrogen-bond donors (Lipinski definition) is 0. The number of hydrogen-bond acceptors (Lipinski definition) is 2. The van der Waals surface area contributed by atoms with Crippen LogP contribution in [0.15, 0.2) is 36.4 Å². The molecule has 0 amide bonds. The minimum Gasteiger partial charge on any atom is -0.325 e. The molecule has 3 rings (SSSR count). The lowest BCUT2D eigenvalue weighted by atomic mass is 10.1. The molecule has 0 unspecified atom stereocenters. The molecule has 0 aliphatic heterocycles. The summed E-state index contributed by atoms with van der Waals surface area (Å²) in [7, 11) is 0. The van der Waals surface area contributed by atoms with Gasteiger partial charge in [-0.25, -0.2) is 4.98 Å². The Kier molecular flexibility index (Phi) is 4.11. The van der Waals surface area contributed by atoms with Crippen molar-refractivity contribution in [3.63, 3.8) is 0 Å². The standard InChI is InChI=1S/C18H22N2S/c1-4-14(5-2)20-17-9-7-6-8-16(17)19-18(20)12-15-11-10-13(3)21-15/h6-11,14H,4-5,12H2,1-3H3. The molecule has 21 heavy (non-hydrogen) atoms. The third-order valence-corrected chi connectivity index (χ3v) is 5.11. The van der Waals surface area contributed by atoms with Gasteiger partial charge in [0.1, 0.15) is 5.82 Å². The van der Waals surface area contributed by atoms with Crippen molar-refractivity contribution in [2.75, 3.05) is 0 Å². The first kappa shape index (κ1) is 14.3. The fourth-order valence-corrected chi connectivity index (χ4v) is 3.90. The van der Waals surface area contributed by atoms with Gasteiger partial charge in [-0.3, -0.25) is 0 Å². The van der Waals surface area contributed by atoms with Gasteiger partial charge in [-0.05, 0) is 44.0 Å². The topological polar surface area (TPSA) is 17.8 Å². The molecule has 0 spiro atoms. The number of aromatic nitrogens is 2. The lowest BCUT2D eigenvalue weighted by Crippen LogP contribution is -2.11. The molecule has 0 aliphatic rings. The molecule has 3 heteroatoms. The van der Waals surface area contributed by atoms with Crippen LogP contribution in [-0.4, -0.2) is 9.55 Å². The molecule has 0 radical (unpaired) electrons. The Balaban J connectivity index is 2.09. The second-order valence-corrected chi connectivity index (χ2v) is 6.92. The lowest BCUT2D eigenvalue weighted by molar-refractivity contribution is 0.470. The monoisotopic (exact) mass is 298 g/mol. The second-order valence-electron chi connectivity index (χ2n) is 5.55. The van der Waals surface area contributed by atoms with Gasteiger partial charge in [0.2, 0.25) is 0 Å². The van der Waals surface area contributed by atoms with Crippen LogP contribution in [0.4, 0.5) is 0 Å². The molecular formula is C18H22N2S. The molecule has 2 heterocycles. The summed E-state index contributed by atoms with van der Waals surface area (Å²) < 4.78 is 2.46. The van der Waals surface area contributed by atoms with Crippen LogP contribution < -0.4 is 0 Å². The maximum absolute atomic E-state index is 4.90. The van der Waals surface area contributed by atoms with Crippen molar-refractivity contribution in [1.29, 1.82) is 0 Å². The summed E-state index contributed by atoms with van der Waals surface area (Å²) in [6.45, 7) is 6.70. The van der Waals surface area contributed by atoms with E-state index in [0.29, 0.717) is 6.04 Å². The van der Waals surface area contributed by atoms with Gasteiger partial charge in [0, 0.05) is 22.2 Å². The van der Waals surface area contributed by atoms with Gasteiger partial charge in [0.05, 0.1) is 11.0 Å². The van der Waals surface area contributed by atoms with Crippen LogP contribution in [0.5, 0.6) is 0 Å². The average Bonchev–Trinajstić information content (AvgIpc) is 3.05.